The summed E-state index contributed by atoms with van der Waals surface area (Å²) in [5.41, 5.74) is 13.1. The highest BCUT2D eigenvalue weighted by Gasteiger charge is 2.09. The summed E-state index contributed by atoms with van der Waals surface area (Å²) in [5, 5.41) is 9.81. The van der Waals surface area contributed by atoms with Gasteiger partial charge in [-0.3, -0.25) is 30.2 Å². The fraction of sp³-hybridized carbons (Fsp3) is 0.400. The van der Waals surface area contributed by atoms with Crippen molar-refractivity contribution in [1.82, 2.24) is 14.9 Å². The monoisotopic (exact) mass is 399 g/mol. The van der Waals surface area contributed by atoms with Gasteiger partial charge in [-0.1, -0.05) is 24.3 Å². The minimum atomic E-state index is -0.315. The smallest absolute Gasteiger partial charge is 0.260 e. The van der Waals surface area contributed by atoms with Crippen molar-refractivity contribution in [3.05, 3.63) is 46.4 Å². The minimum absolute atomic E-state index is 0.129. The molecule has 2 rings (SSSR count). The van der Waals surface area contributed by atoms with Gasteiger partial charge >= 0.3 is 0 Å². The lowest BCUT2D eigenvalue weighted by molar-refractivity contribution is -0.114. The lowest BCUT2D eigenvalue weighted by Gasteiger charge is -2.22. The highest BCUT2D eigenvalue weighted by Crippen LogP contribution is 2.17. The summed E-state index contributed by atoms with van der Waals surface area (Å²) in [4.78, 5) is 32.3. The number of nitrogens with zero attached hydrogens (tertiary/aromatic N) is 2. The summed E-state index contributed by atoms with van der Waals surface area (Å²) in [6.07, 6.45) is 3.77. The number of amides is 1. The van der Waals surface area contributed by atoms with Crippen molar-refractivity contribution in [2.24, 2.45) is 11.5 Å². The maximum absolute atomic E-state index is 12.3. The van der Waals surface area contributed by atoms with E-state index in [-0.39, 0.29) is 23.3 Å². The molecule has 0 unspecified atom stereocenters. The number of nitrogens with two attached hydrogens (primary N) is 2. The molecule has 1 aromatic heterocycles. The number of hydrogen-bond acceptors (Lipinski definition) is 6. The van der Waals surface area contributed by atoms with Crippen LogP contribution < -0.4 is 22.3 Å². The number of carbonyl (C=O) groups is 1. The molecule has 0 spiro atoms. The van der Waals surface area contributed by atoms with Gasteiger partial charge in [0.05, 0.1) is 11.4 Å². The first-order valence-corrected chi connectivity index (χ1v) is 9.60. The first kappa shape index (κ1) is 22.3. The van der Waals surface area contributed by atoms with Crippen molar-refractivity contribution in [3.63, 3.8) is 0 Å². The van der Waals surface area contributed by atoms with Crippen LogP contribution in [0.2, 0.25) is 0 Å². The van der Waals surface area contributed by atoms with Crippen LogP contribution in [0, 0.1) is 5.41 Å². The molecule has 1 amide bonds. The first-order chi connectivity index (χ1) is 13.9. The molecule has 7 N–H and O–H groups in total. The van der Waals surface area contributed by atoms with E-state index in [1.807, 2.05) is 24.3 Å². The zero-order valence-electron chi connectivity index (χ0n) is 16.7. The SMILES string of the molecule is CC(=O)Nc1ncc(-c2ccc(CN(CCCN)CCCC(=N)N)cc2)c(=O)[nH]1. The van der Waals surface area contributed by atoms with Crippen molar-refractivity contribution < 1.29 is 4.79 Å². The fourth-order valence-electron chi connectivity index (χ4n) is 2.96. The summed E-state index contributed by atoms with van der Waals surface area (Å²) in [5.74, 6) is 0.0354. The molecule has 0 bridgehead atoms. The Morgan fingerprint density at radius 3 is 2.52 bits per heavy atom. The second-order valence-corrected chi connectivity index (χ2v) is 6.90. The summed E-state index contributed by atoms with van der Waals surface area (Å²) in [6.45, 7) is 4.46. The lowest BCUT2D eigenvalue weighted by atomic mass is 10.1. The zero-order valence-corrected chi connectivity index (χ0v) is 16.7. The molecule has 9 heteroatoms. The number of carbonyl (C=O) groups excluding carboxylic acids is 1. The van der Waals surface area contributed by atoms with Crippen LogP contribution in [0.25, 0.3) is 11.1 Å². The van der Waals surface area contributed by atoms with E-state index in [0.29, 0.717) is 18.5 Å². The Bertz CT molecular complexity index is 877. The molecule has 0 saturated heterocycles. The summed E-state index contributed by atoms with van der Waals surface area (Å²) < 4.78 is 0. The van der Waals surface area contributed by atoms with Crippen molar-refractivity contribution in [1.29, 1.82) is 5.41 Å². The zero-order chi connectivity index (χ0) is 21.2. The molecule has 0 aliphatic carbocycles. The number of benzene rings is 1. The van der Waals surface area contributed by atoms with Crippen molar-refractivity contribution in [2.45, 2.75) is 32.7 Å². The van der Waals surface area contributed by atoms with Crippen LogP contribution in [0.15, 0.2) is 35.3 Å². The lowest BCUT2D eigenvalue weighted by Crippen LogP contribution is -2.28. The van der Waals surface area contributed by atoms with Gasteiger partial charge in [0, 0.05) is 26.1 Å². The van der Waals surface area contributed by atoms with Gasteiger partial charge in [0.15, 0.2) is 0 Å². The van der Waals surface area contributed by atoms with Crippen LogP contribution in [0.5, 0.6) is 0 Å². The van der Waals surface area contributed by atoms with Crippen LogP contribution in [0.3, 0.4) is 0 Å². The Hall–Kier alpha value is -3.04. The molecule has 0 saturated carbocycles. The number of hydrogen-bond donors (Lipinski definition) is 5. The molecule has 156 valence electrons. The topological polar surface area (TPSA) is 154 Å². The normalized spacial score (nSPS) is 10.9. The molecule has 0 fully saturated rings. The van der Waals surface area contributed by atoms with E-state index in [1.165, 1.54) is 13.1 Å². The Morgan fingerprint density at radius 1 is 1.24 bits per heavy atom. The molecular formula is C20H29N7O2. The van der Waals surface area contributed by atoms with Crippen LogP contribution in [-0.2, 0) is 11.3 Å². The first-order valence-electron chi connectivity index (χ1n) is 9.60. The molecule has 2 aromatic rings. The average Bonchev–Trinajstić information content (AvgIpc) is 2.66. The maximum atomic E-state index is 12.3. The molecule has 29 heavy (non-hydrogen) atoms. The minimum Gasteiger partial charge on any atom is -0.388 e. The Labute approximate surface area is 170 Å². The third-order valence-corrected chi connectivity index (χ3v) is 4.36. The molecule has 9 nitrogen and oxygen atoms in total. The number of amidine groups is 1. The molecule has 0 aliphatic rings. The Morgan fingerprint density at radius 2 is 1.93 bits per heavy atom. The van der Waals surface area contributed by atoms with Crippen molar-refractivity contribution in [2.75, 3.05) is 25.0 Å². The average molecular weight is 399 g/mol. The van der Waals surface area contributed by atoms with Gasteiger partial charge in [0.25, 0.3) is 5.56 Å². The molecule has 1 aromatic carbocycles. The highest BCUT2D eigenvalue weighted by atomic mass is 16.1. The molecule has 0 atom stereocenters. The standard InChI is InChI=1S/C20H29N7O2/c1-14(28)25-20-24-12-17(19(29)26-20)16-7-5-15(6-8-16)13-27(11-3-9-21)10-2-4-18(22)23/h5-8,12H,2-4,9-11,13,21H2,1H3,(H3,22,23)(H2,24,25,26,28,29). The highest BCUT2D eigenvalue weighted by molar-refractivity contribution is 5.86. The van der Waals surface area contributed by atoms with E-state index in [1.54, 1.807) is 0 Å². The number of H-pyrrole nitrogens is 1. The predicted octanol–water partition coefficient (Wildman–Crippen LogP) is 1.26. The van der Waals surface area contributed by atoms with Crippen LogP contribution in [0.4, 0.5) is 5.95 Å². The Balaban J connectivity index is 2.06. The molecule has 0 radical (unpaired) electrons. The van der Waals surface area contributed by atoms with Gasteiger partial charge in [-0.25, -0.2) is 4.98 Å². The van der Waals surface area contributed by atoms with E-state index in [9.17, 15) is 9.59 Å². The predicted molar refractivity (Wildman–Crippen MR) is 115 cm³/mol. The van der Waals surface area contributed by atoms with Gasteiger partial charge in [-0.15, -0.1) is 0 Å². The largest absolute Gasteiger partial charge is 0.388 e. The number of aromatic amines is 1. The second kappa shape index (κ2) is 11.1. The van der Waals surface area contributed by atoms with Crippen LogP contribution in [0.1, 0.15) is 31.7 Å². The third-order valence-electron chi connectivity index (χ3n) is 4.36. The fourth-order valence-corrected chi connectivity index (χ4v) is 2.96. The van der Waals surface area contributed by atoms with Crippen molar-refractivity contribution >= 4 is 17.7 Å². The number of anilines is 1. The van der Waals surface area contributed by atoms with Crippen molar-refractivity contribution in [3.8, 4) is 11.1 Å². The molecular weight excluding hydrogens is 370 g/mol. The molecule has 1 heterocycles. The van der Waals surface area contributed by atoms with Gasteiger partial charge in [0.1, 0.15) is 0 Å². The van der Waals surface area contributed by atoms with Gasteiger partial charge < -0.3 is 11.5 Å². The van der Waals surface area contributed by atoms with Gasteiger partial charge in [-0.05, 0) is 43.6 Å². The maximum Gasteiger partial charge on any atom is 0.260 e. The van der Waals surface area contributed by atoms with E-state index < -0.39 is 0 Å². The number of aromatic nitrogens is 2. The summed E-state index contributed by atoms with van der Waals surface area (Å²) in [7, 11) is 0. The second-order valence-electron chi connectivity index (χ2n) is 6.90. The molecule has 0 aliphatic heterocycles. The summed E-state index contributed by atoms with van der Waals surface area (Å²) >= 11 is 0. The number of nitrogens with one attached hydrogen (secondary N) is 3. The Kier molecular flexibility index (Phi) is 8.50. The van der Waals surface area contributed by atoms with Gasteiger partial charge in [-0.2, -0.15) is 0 Å². The third kappa shape index (κ3) is 7.47. The van der Waals surface area contributed by atoms with Crippen LogP contribution in [-0.4, -0.2) is 46.2 Å². The summed E-state index contributed by atoms with van der Waals surface area (Å²) in [6, 6.07) is 7.74. The van der Waals surface area contributed by atoms with Crippen LogP contribution >= 0.6 is 0 Å². The number of rotatable bonds is 11. The van der Waals surface area contributed by atoms with E-state index in [2.05, 4.69) is 20.2 Å². The quantitative estimate of drug-likeness (QED) is 0.283. The van der Waals surface area contributed by atoms with Gasteiger partial charge in [0.2, 0.25) is 11.9 Å². The van der Waals surface area contributed by atoms with E-state index in [4.69, 9.17) is 16.9 Å². The van der Waals surface area contributed by atoms with E-state index >= 15 is 0 Å². The van der Waals surface area contributed by atoms with E-state index in [0.717, 1.165) is 43.6 Å².